The van der Waals surface area contributed by atoms with E-state index in [1.165, 1.54) is 0 Å². The zero-order chi connectivity index (χ0) is 15.4. The third-order valence-corrected chi connectivity index (χ3v) is 3.28. The summed E-state index contributed by atoms with van der Waals surface area (Å²) in [5.41, 5.74) is 2.66. The molecule has 0 saturated heterocycles. The van der Waals surface area contributed by atoms with E-state index in [2.05, 4.69) is 15.3 Å². The molecule has 0 unspecified atom stereocenters. The maximum Gasteiger partial charge on any atom is 0.142 e. The molecule has 6 heteroatoms. The van der Waals surface area contributed by atoms with Gasteiger partial charge in [0.15, 0.2) is 0 Å². The Balaban J connectivity index is 2.14. The quantitative estimate of drug-likeness (QED) is 0.776. The van der Waals surface area contributed by atoms with E-state index in [9.17, 15) is 10.2 Å². The number of nitrogens with zero attached hydrogens (tertiary/aromatic N) is 3. The van der Waals surface area contributed by atoms with Crippen LogP contribution in [0.2, 0.25) is 0 Å². The molecule has 0 saturated carbocycles. The number of anilines is 2. The summed E-state index contributed by atoms with van der Waals surface area (Å²) in [6.45, 7) is 1.97. The Hall–Kier alpha value is -2.34. The molecule has 0 aromatic carbocycles. The Morgan fingerprint density at radius 3 is 2.52 bits per heavy atom. The maximum atomic E-state index is 10.1. The molecule has 2 aromatic heterocycles. The van der Waals surface area contributed by atoms with Crippen LogP contribution in [0.4, 0.5) is 11.5 Å². The number of aliphatic hydroxyl groups excluding tert-OH is 1. The second-order valence-corrected chi connectivity index (χ2v) is 5.01. The van der Waals surface area contributed by atoms with Crippen LogP contribution in [0.25, 0.3) is 0 Å². The summed E-state index contributed by atoms with van der Waals surface area (Å²) in [4.78, 5) is 10.3. The molecule has 0 fully saturated rings. The van der Waals surface area contributed by atoms with Gasteiger partial charge in [0.2, 0.25) is 0 Å². The van der Waals surface area contributed by atoms with Gasteiger partial charge in [-0.2, -0.15) is 0 Å². The third kappa shape index (κ3) is 3.41. The van der Waals surface area contributed by atoms with Gasteiger partial charge in [-0.05, 0) is 19.1 Å². The Labute approximate surface area is 124 Å². The zero-order valence-electron chi connectivity index (χ0n) is 12.5. The van der Waals surface area contributed by atoms with E-state index in [-0.39, 0.29) is 12.4 Å². The van der Waals surface area contributed by atoms with E-state index >= 15 is 0 Å². The normalized spacial score (nSPS) is 10.5. The fourth-order valence-corrected chi connectivity index (χ4v) is 1.96. The molecule has 0 aliphatic carbocycles. The first-order chi connectivity index (χ1) is 10.0. The van der Waals surface area contributed by atoms with Gasteiger partial charge in [-0.15, -0.1) is 0 Å². The monoisotopic (exact) mass is 288 g/mol. The lowest BCUT2D eigenvalue weighted by Crippen LogP contribution is -2.11. The summed E-state index contributed by atoms with van der Waals surface area (Å²) >= 11 is 0. The highest BCUT2D eigenvalue weighted by atomic mass is 16.3. The van der Waals surface area contributed by atoms with E-state index in [1.54, 1.807) is 19.3 Å². The van der Waals surface area contributed by atoms with Gasteiger partial charge in [0.05, 0.1) is 24.2 Å². The molecule has 0 atom stereocenters. The molecule has 21 heavy (non-hydrogen) atoms. The van der Waals surface area contributed by atoms with Crippen molar-refractivity contribution in [2.24, 2.45) is 0 Å². The van der Waals surface area contributed by atoms with Crippen LogP contribution in [0.1, 0.15) is 16.8 Å². The largest absolute Gasteiger partial charge is 0.506 e. The molecule has 2 heterocycles. The predicted molar refractivity (Wildman–Crippen MR) is 82.5 cm³/mol. The van der Waals surface area contributed by atoms with Crippen LogP contribution >= 0.6 is 0 Å². The van der Waals surface area contributed by atoms with Crippen LogP contribution in [-0.2, 0) is 13.2 Å². The maximum absolute atomic E-state index is 10.1. The molecule has 0 aliphatic heterocycles. The topological polar surface area (TPSA) is 81.5 Å². The Bertz CT molecular complexity index is 612. The number of aromatic hydroxyl groups is 1. The molecule has 2 rings (SSSR count). The number of nitrogens with one attached hydrogen (secondary N) is 1. The van der Waals surface area contributed by atoms with Crippen molar-refractivity contribution in [1.82, 2.24) is 9.97 Å². The van der Waals surface area contributed by atoms with Gasteiger partial charge < -0.3 is 20.4 Å². The predicted octanol–water partition coefficient (Wildman–Crippen LogP) is 1.66. The molecule has 0 radical (unpaired) electrons. The Morgan fingerprint density at radius 2 is 1.95 bits per heavy atom. The summed E-state index contributed by atoms with van der Waals surface area (Å²) in [6.07, 6.45) is 3.32. The van der Waals surface area contributed by atoms with Crippen molar-refractivity contribution in [2.45, 2.75) is 20.1 Å². The van der Waals surface area contributed by atoms with Crippen molar-refractivity contribution < 1.29 is 10.2 Å². The highest BCUT2D eigenvalue weighted by molar-refractivity contribution is 5.50. The van der Waals surface area contributed by atoms with Gasteiger partial charge in [0.25, 0.3) is 0 Å². The number of aryl methyl sites for hydroxylation is 1. The summed E-state index contributed by atoms with van der Waals surface area (Å²) in [5.74, 6) is 0.992. The first kappa shape index (κ1) is 15.1. The second-order valence-electron chi connectivity index (χ2n) is 5.01. The fraction of sp³-hybridized carbons (Fsp3) is 0.333. The molecule has 0 aliphatic rings. The van der Waals surface area contributed by atoms with E-state index in [4.69, 9.17) is 0 Å². The number of hydrogen-bond acceptors (Lipinski definition) is 6. The smallest absolute Gasteiger partial charge is 0.142 e. The van der Waals surface area contributed by atoms with Crippen LogP contribution in [0.3, 0.4) is 0 Å². The number of aliphatic hydroxyl groups is 1. The first-order valence-electron chi connectivity index (χ1n) is 6.67. The summed E-state index contributed by atoms with van der Waals surface area (Å²) in [6, 6.07) is 3.83. The first-order valence-corrected chi connectivity index (χ1v) is 6.67. The summed E-state index contributed by atoms with van der Waals surface area (Å²) in [5, 5.41) is 22.6. The number of hydrogen-bond donors (Lipinski definition) is 3. The van der Waals surface area contributed by atoms with Crippen LogP contribution in [-0.4, -0.2) is 34.3 Å². The van der Waals surface area contributed by atoms with E-state index < -0.39 is 0 Å². The number of pyridine rings is 2. The van der Waals surface area contributed by atoms with Crippen molar-refractivity contribution in [3.8, 4) is 5.75 Å². The van der Waals surface area contributed by atoms with Crippen LogP contribution in [0.15, 0.2) is 24.5 Å². The number of rotatable bonds is 5. The minimum absolute atomic E-state index is 0.118. The second kappa shape index (κ2) is 6.41. The lowest BCUT2D eigenvalue weighted by atomic mass is 10.1. The molecule has 0 bridgehead atoms. The van der Waals surface area contributed by atoms with E-state index in [1.807, 2.05) is 31.1 Å². The van der Waals surface area contributed by atoms with Gasteiger partial charge in [-0.25, -0.2) is 4.98 Å². The van der Waals surface area contributed by atoms with Crippen molar-refractivity contribution in [1.29, 1.82) is 0 Å². The molecular weight excluding hydrogens is 268 g/mol. The van der Waals surface area contributed by atoms with Crippen molar-refractivity contribution in [3.63, 3.8) is 0 Å². The van der Waals surface area contributed by atoms with Gasteiger partial charge >= 0.3 is 0 Å². The van der Waals surface area contributed by atoms with Crippen LogP contribution in [0.5, 0.6) is 5.75 Å². The van der Waals surface area contributed by atoms with Crippen LogP contribution < -0.4 is 10.2 Å². The Kier molecular flexibility index (Phi) is 4.59. The van der Waals surface area contributed by atoms with E-state index in [0.29, 0.717) is 23.4 Å². The zero-order valence-corrected chi connectivity index (χ0v) is 12.5. The average Bonchev–Trinajstić information content (AvgIpc) is 2.49. The average molecular weight is 288 g/mol. The molecule has 0 amide bonds. The van der Waals surface area contributed by atoms with Gasteiger partial charge in [0, 0.05) is 38.0 Å². The van der Waals surface area contributed by atoms with Crippen molar-refractivity contribution >= 4 is 11.5 Å². The molecule has 3 N–H and O–H groups in total. The lowest BCUT2D eigenvalue weighted by molar-refractivity contribution is 0.279. The lowest BCUT2D eigenvalue weighted by Gasteiger charge is -2.14. The van der Waals surface area contributed by atoms with Gasteiger partial charge in [0.1, 0.15) is 11.6 Å². The van der Waals surface area contributed by atoms with Crippen LogP contribution in [0, 0.1) is 6.92 Å². The highest BCUT2D eigenvalue weighted by Crippen LogP contribution is 2.25. The standard InChI is InChI=1S/C15H20N4O2/c1-10-15(21)13(11(9-20)6-16-10)8-17-12-4-5-14(18-7-12)19(2)3/h4-7,17,20-21H,8-9H2,1-3H3. The third-order valence-electron chi connectivity index (χ3n) is 3.28. The highest BCUT2D eigenvalue weighted by Gasteiger charge is 2.11. The number of aromatic nitrogens is 2. The van der Waals surface area contributed by atoms with Gasteiger partial charge in [-0.1, -0.05) is 0 Å². The Morgan fingerprint density at radius 1 is 1.19 bits per heavy atom. The molecule has 2 aromatic rings. The molecular formula is C15H20N4O2. The molecule has 112 valence electrons. The fourth-order valence-electron chi connectivity index (χ4n) is 1.96. The molecule has 6 nitrogen and oxygen atoms in total. The SMILES string of the molecule is Cc1ncc(CO)c(CNc2ccc(N(C)C)nc2)c1O. The van der Waals surface area contributed by atoms with Crippen molar-refractivity contribution in [2.75, 3.05) is 24.3 Å². The van der Waals surface area contributed by atoms with E-state index in [0.717, 1.165) is 11.5 Å². The minimum atomic E-state index is -0.157. The van der Waals surface area contributed by atoms with Crippen molar-refractivity contribution in [3.05, 3.63) is 41.3 Å². The minimum Gasteiger partial charge on any atom is -0.506 e. The van der Waals surface area contributed by atoms with Gasteiger partial charge in [-0.3, -0.25) is 4.98 Å². The summed E-state index contributed by atoms with van der Waals surface area (Å²) in [7, 11) is 3.86. The molecule has 0 spiro atoms. The summed E-state index contributed by atoms with van der Waals surface area (Å²) < 4.78 is 0.